The second-order valence-corrected chi connectivity index (χ2v) is 10.3. The molecule has 196 valence electrons. The summed E-state index contributed by atoms with van der Waals surface area (Å²) in [5, 5.41) is 6.53. The number of hydrogen-bond donors (Lipinski definition) is 2. The Hall–Kier alpha value is -3.37. The third-order valence-corrected chi connectivity index (χ3v) is 7.54. The fourth-order valence-corrected chi connectivity index (χ4v) is 5.11. The molecule has 3 aromatic rings. The van der Waals surface area contributed by atoms with Crippen molar-refractivity contribution in [3.05, 3.63) is 53.4 Å². The van der Waals surface area contributed by atoms with Crippen molar-refractivity contribution < 1.29 is 14.3 Å². The first kappa shape index (κ1) is 26.7. The van der Waals surface area contributed by atoms with Gasteiger partial charge in [0.25, 0.3) is 5.91 Å². The van der Waals surface area contributed by atoms with Gasteiger partial charge in [0.2, 0.25) is 11.8 Å². The Balaban J connectivity index is 1.38. The lowest BCUT2D eigenvalue weighted by molar-refractivity contribution is -0.118. The van der Waals surface area contributed by atoms with E-state index in [-0.39, 0.29) is 17.9 Å². The predicted molar refractivity (Wildman–Crippen MR) is 145 cm³/mol. The maximum atomic E-state index is 13.1. The zero-order valence-electron chi connectivity index (χ0n) is 21.6. The highest BCUT2D eigenvalue weighted by Crippen LogP contribution is 2.27. The molecule has 1 saturated heterocycles. The molecular formula is C27H34N6O3S. The maximum absolute atomic E-state index is 13.1. The third-order valence-electron chi connectivity index (χ3n) is 6.34. The van der Waals surface area contributed by atoms with Crippen molar-refractivity contribution in [2.24, 2.45) is 0 Å². The lowest BCUT2D eigenvalue weighted by Gasteiger charge is -2.28. The van der Waals surface area contributed by atoms with Gasteiger partial charge >= 0.3 is 0 Å². The zero-order valence-corrected chi connectivity index (χ0v) is 22.4. The van der Waals surface area contributed by atoms with E-state index >= 15 is 0 Å². The van der Waals surface area contributed by atoms with Gasteiger partial charge in [-0.05, 0) is 51.4 Å². The molecule has 2 N–H and O–H groups in total. The van der Waals surface area contributed by atoms with Crippen LogP contribution >= 0.6 is 11.3 Å². The minimum absolute atomic E-state index is 0.159. The summed E-state index contributed by atoms with van der Waals surface area (Å²) in [6, 6.07) is 6.61. The van der Waals surface area contributed by atoms with Gasteiger partial charge in [0.05, 0.1) is 17.6 Å². The summed E-state index contributed by atoms with van der Waals surface area (Å²) in [5.41, 5.74) is 2.04. The number of rotatable bonds is 10. The fourth-order valence-electron chi connectivity index (χ4n) is 4.15. The number of nitrogens with zero attached hydrogens (tertiary/aromatic N) is 4. The highest BCUT2D eigenvalue weighted by molar-refractivity contribution is 7.17. The molecule has 1 atom stereocenters. The van der Waals surface area contributed by atoms with Crippen LogP contribution in [0, 0.1) is 6.92 Å². The van der Waals surface area contributed by atoms with Crippen molar-refractivity contribution in [2.45, 2.75) is 58.1 Å². The quantitative estimate of drug-likeness (QED) is 0.408. The number of nitrogens with one attached hydrogen (secondary N) is 2. The summed E-state index contributed by atoms with van der Waals surface area (Å²) in [7, 11) is 2.11. The van der Waals surface area contributed by atoms with Crippen LogP contribution in [-0.4, -0.2) is 63.9 Å². The highest BCUT2D eigenvalue weighted by Gasteiger charge is 2.24. The van der Waals surface area contributed by atoms with Crippen LogP contribution in [0.25, 0.3) is 10.6 Å². The molecule has 10 heteroatoms. The molecule has 2 amide bonds. The Morgan fingerprint density at radius 2 is 2.03 bits per heavy atom. The van der Waals surface area contributed by atoms with Crippen molar-refractivity contribution in [3.8, 4) is 16.5 Å². The van der Waals surface area contributed by atoms with Gasteiger partial charge in [-0.25, -0.2) is 9.97 Å². The van der Waals surface area contributed by atoms with Crippen LogP contribution in [0.5, 0.6) is 5.88 Å². The summed E-state index contributed by atoms with van der Waals surface area (Å²) in [4.78, 5) is 42.1. The number of amides is 2. The van der Waals surface area contributed by atoms with Crippen molar-refractivity contribution in [3.63, 3.8) is 0 Å². The Morgan fingerprint density at radius 3 is 2.70 bits per heavy atom. The number of anilines is 1. The fraction of sp³-hybridized carbons (Fsp3) is 0.444. The van der Waals surface area contributed by atoms with Gasteiger partial charge in [0, 0.05) is 37.1 Å². The molecule has 37 heavy (non-hydrogen) atoms. The average molecular weight is 523 g/mol. The molecule has 0 radical (unpaired) electrons. The molecule has 1 fully saturated rings. The lowest BCUT2D eigenvalue weighted by atomic mass is 10.1. The number of pyridine rings is 2. The van der Waals surface area contributed by atoms with E-state index in [4.69, 9.17) is 4.74 Å². The van der Waals surface area contributed by atoms with Gasteiger partial charge in [-0.1, -0.05) is 19.8 Å². The van der Waals surface area contributed by atoms with Crippen LogP contribution < -0.4 is 15.4 Å². The van der Waals surface area contributed by atoms with Gasteiger partial charge in [0.1, 0.15) is 22.0 Å². The number of thiazole rings is 1. The summed E-state index contributed by atoms with van der Waals surface area (Å²) < 4.78 is 5.99. The molecule has 0 bridgehead atoms. The van der Waals surface area contributed by atoms with E-state index < -0.39 is 6.04 Å². The molecular weight excluding hydrogens is 488 g/mol. The van der Waals surface area contributed by atoms with Crippen molar-refractivity contribution in [1.82, 2.24) is 25.2 Å². The highest BCUT2D eigenvalue weighted by atomic mass is 32.1. The van der Waals surface area contributed by atoms with E-state index in [1.807, 2.05) is 12.1 Å². The number of carbonyl (C=O) groups is 2. The Kier molecular flexibility index (Phi) is 9.19. The van der Waals surface area contributed by atoms with Crippen molar-refractivity contribution in [2.75, 3.05) is 25.5 Å². The largest absolute Gasteiger partial charge is 0.474 e. The van der Waals surface area contributed by atoms with Crippen LogP contribution in [0.2, 0.25) is 0 Å². The summed E-state index contributed by atoms with van der Waals surface area (Å²) in [5.74, 6) is -0.0305. The van der Waals surface area contributed by atoms with Crippen molar-refractivity contribution >= 4 is 28.8 Å². The third kappa shape index (κ3) is 7.33. The number of carbonyl (C=O) groups excluding carboxylic acids is 2. The monoisotopic (exact) mass is 522 g/mol. The summed E-state index contributed by atoms with van der Waals surface area (Å²) >= 11 is 1.30. The minimum atomic E-state index is -0.675. The SMILES string of the molecule is CCCCC(NC(=O)c1sc(-c2cccnc2)nc1C)C(=O)Nc1ccc(OC2CCN(C)CC2)nc1. The summed E-state index contributed by atoms with van der Waals surface area (Å²) in [6.45, 7) is 5.87. The molecule has 1 unspecified atom stereocenters. The van der Waals surface area contributed by atoms with E-state index in [0.29, 0.717) is 28.6 Å². The van der Waals surface area contributed by atoms with Crippen molar-refractivity contribution in [1.29, 1.82) is 0 Å². The smallest absolute Gasteiger partial charge is 0.263 e. The first-order valence-corrected chi connectivity index (χ1v) is 13.6. The minimum Gasteiger partial charge on any atom is -0.474 e. The Morgan fingerprint density at radius 1 is 1.22 bits per heavy atom. The van der Waals surface area contributed by atoms with Crippen LogP contribution in [0.15, 0.2) is 42.9 Å². The molecule has 0 spiro atoms. The number of likely N-dealkylation sites (tertiary alicyclic amines) is 1. The first-order chi connectivity index (χ1) is 17.9. The van der Waals surface area contributed by atoms with Crippen LogP contribution in [0.1, 0.15) is 54.4 Å². The second-order valence-electron chi connectivity index (χ2n) is 9.34. The topological polar surface area (TPSA) is 109 Å². The molecule has 0 saturated carbocycles. The second kappa shape index (κ2) is 12.7. The van der Waals surface area contributed by atoms with E-state index in [1.54, 1.807) is 37.6 Å². The number of ether oxygens (including phenoxy) is 1. The molecule has 3 aromatic heterocycles. The van der Waals surface area contributed by atoms with Gasteiger partial charge in [-0.2, -0.15) is 0 Å². The average Bonchev–Trinajstić information content (AvgIpc) is 3.31. The van der Waals surface area contributed by atoms with Crippen LogP contribution in [0.3, 0.4) is 0 Å². The van der Waals surface area contributed by atoms with E-state index in [1.165, 1.54) is 11.3 Å². The van der Waals surface area contributed by atoms with E-state index in [2.05, 4.69) is 44.5 Å². The Labute approximate surface area is 221 Å². The van der Waals surface area contributed by atoms with Crippen LogP contribution in [-0.2, 0) is 4.79 Å². The van der Waals surface area contributed by atoms with Gasteiger partial charge in [-0.15, -0.1) is 11.3 Å². The number of hydrogen-bond acceptors (Lipinski definition) is 8. The van der Waals surface area contributed by atoms with Gasteiger partial charge in [-0.3, -0.25) is 14.6 Å². The normalized spacial score (nSPS) is 15.2. The molecule has 4 heterocycles. The van der Waals surface area contributed by atoms with E-state index in [9.17, 15) is 9.59 Å². The number of aromatic nitrogens is 3. The standard InChI is InChI=1S/C27H34N6O3S/c1-4-5-8-22(32-26(35)24-18(2)30-27(37-24)19-7-6-13-28-16-19)25(34)31-20-9-10-23(29-17-20)36-21-11-14-33(3)15-12-21/h6-7,9-10,13,16-17,21-22H,4-5,8,11-12,14-15H2,1-3H3,(H,31,34)(H,32,35). The summed E-state index contributed by atoms with van der Waals surface area (Å²) in [6.07, 6.45) is 9.36. The molecule has 9 nitrogen and oxygen atoms in total. The number of piperidine rings is 1. The van der Waals surface area contributed by atoms with E-state index in [0.717, 1.165) is 49.3 Å². The molecule has 1 aliphatic rings. The number of unbranched alkanes of at least 4 members (excludes halogenated alkanes) is 1. The zero-order chi connectivity index (χ0) is 26.2. The van der Waals surface area contributed by atoms with Gasteiger partial charge in [0.15, 0.2) is 0 Å². The van der Waals surface area contributed by atoms with Crippen LogP contribution in [0.4, 0.5) is 5.69 Å². The van der Waals surface area contributed by atoms with Gasteiger partial charge < -0.3 is 20.3 Å². The molecule has 1 aliphatic heterocycles. The molecule has 0 aliphatic carbocycles. The lowest BCUT2D eigenvalue weighted by Crippen LogP contribution is -2.43. The number of aryl methyl sites for hydroxylation is 1. The Bertz CT molecular complexity index is 1180. The first-order valence-electron chi connectivity index (χ1n) is 12.7. The maximum Gasteiger partial charge on any atom is 0.263 e. The predicted octanol–water partition coefficient (Wildman–Crippen LogP) is 4.31. The molecule has 4 rings (SSSR count). The molecule has 0 aromatic carbocycles.